The molecule has 128 valence electrons. The molecule has 0 aliphatic rings. The van der Waals surface area contributed by atoms with E-state index in [2.05, 4.69) is 20.8 Å². The first-order valence-electron chi connectivity index (χ1n) is 9.28. The molecule has 0 aromatic rings. The number of hydrogen-bond donors (Lipinski definition) is 1. The average Bonchev–Trinajstić information content (AvgIpc) is 2.48. The van der Waals surface area contributed by atoms with Gasteiger partial charge >= 0.3 is 0 Å². The van der Waals surface area contributed by atoms with Crippen molar-refractivity contribution >= 4 is 0 Å². The summed E-state index contributed by atoms with van der Waals surface area (Å²) in [5, 5.41) is 8.82. The van der Waals surface area contributed by atoms with Crippen LogP contribution in [0.3, 0.4) is 0 Å². The average molecular weight is 303 g/mol. The van der Waals surface area contributed by atoms with E-state index >= 15 is 0 Å². The summed E-state index contributed by atoms with van der Waals surface area (Å²) in [6, 6.07) is 0. The van der Waals surface area contributed by atoms with Crippen molar-refractivity contribution in [3.05, 3.63) is 0 Å². The van der Waals surface area contributed by atoms with Gasteiger partial charge in [0.05, 0.1) is 39.5 Å². The van der Waals surface area contributed by atoms with E-state index in [9.17, 15) is 0 Å². The summed E-state index contributed by atoms with van der Waals surface area (Å²) in [4.78, 5) is 0. The van der Waals surface area contributed by atoms with Crippen molar-refractivity contribution in [3.8, 4) is 0 Å². The number of aliphatic hydroxyl groups excluding tert-OH is 1. The van der Waals surface area contributed by atoms with Crippen LogP contribution in [-0.2, 0) is 4.74 Å². The van der Waals surface area contributed by atoms with Crippen molar-refractivity contribution in [1.29, 1.82) is 0 Å². The van der Waals surface area contributed by atoms with Crippen LogP contribution in [0.5, 0.6) is 0 Å². The summed E-state index contributed by atoms with van der Waals surface area (Å²) < 4.78 is 6.74. The van der Waals surface area contributed by atoms with Crippen molar-refractivity contribution in [2.75, 3.05) is 46.0 Å². The fraction of sp³-hybridized carbons (Fsp3) is 1.00. The third kappa shape index (κ3) is 11.1. The van der Waals surface area contributed by atoms with Crippen molar-refractivity contribution in [3.63, 3.8) is 0 Å². The summed E-state index contributed by atoms with van der Waals surface area (Å²) in [6.45, 7) is 13.2. The lowest BCUT2D eigenvalue weighted by Gasteiger charge is -2.38. The molecule has 1 N–H and O–H groups in total. The van der Waals surface area contributed by atoms with E-state index in [0.717, 1.165) is 13.2 Å². The van der Waals surface area contributed by atoms with Gasteiger partial charge in [-0.05, 0) is 25.7 Å². The van der Waals surface area contributed by atoms with Gasteiger partial charge in [0.25, 0.3) is 0 Å². The maximum absolute atomic E-state index is 8.82. The largest absolute Gasteiger partial charge is 0.394 e. The summed E-state index contributed by atoms with van der Waals surface area (Å²) in [7, 11) is 0. The fourth-order valence-corrected chi connectivity index (χ4v) is 3.27. The molecule has 0 heterocycles. The Kier molecular flexibility index (Phi) is 14.7. The van der Waals surface area contributed by atoms with Crippen molar-refractivity contribution in [1.82, 2.24) is 0 Å². The molecule has 21 heavy (non-hydrogen) atoms. The number of nitrogens with zero attached hydrogens (tertiary/aromatic N) is 1. The molecule has 0 amide bonds. The maximum atomic E-state index is 8.82. The molecule has 0 unspecified atom stereocenters. The van der Waals surface area contributed by atoms with E-state index in [1.165, 1.54) is 75.5 Å². The zero-order valence-corrected chi connectivity index (χ0v) is 14.9. The summed E-state index contributed by atoms with van der Waals surface area (Å²) in [6.07, 6.45) is 10.7. The van der Waals surface area contributed by atoms with Crippen LogP contribution in [0.1, 0.15) is 72.1 Å². The molecular formula is C18H40NO2+. The normalized spacial score (nSPS) is 12.0. The van der Waals surface area contributed by atoms with Crippen LogP contribution in [-0.4, -0.2) is 55.6 Å². The highest BCUT2D eigenvalue weighted by molar-refractivity contribution is 4.49. The van der Waals surface area contributed by atoms with Gasteiger partial charge in [0.1, 0.15) is 6.54 Å². The number of quaternary nitrogens is 1. The first-order chi connectivity index (χ1) is 10.2. The maximum Gasteiger partial charge on any atom is 0.102 e. The lowest BCUT2D eigenvalue weighted by molar-refractivity contribution is -0.928. The van der Waals surface area contributed by atoms with Crippen LogP contribution in [0, 0.1) is 0 Å². The Hall–Kier alpha value is -0.120. The van der Waals surface area contributed by atoms with Gasteiger partial charge < -0.3 is 14.3 Å². The van der Waals surface area contributed by atoms with Crippen LogP contribution in [0.2, 0.25) is 0 Å². The number of unbranched alkanes of at least 4 members (excludes halogenated alkanes) is 5. The van der Waals surface area contributed by atoms with E-state index in [4.69, 9.17) is 9.84 Å². The smallest absolute Gasteiger partial charge is 0.102 e. The SMILES string of the molecule is CCCCCCCC[N+](CCC)(CCC)CCOCCO. The van der Waals surface area contributed by atoms with Crippen LogP contribution < -0.4 is 0 Å². The first-order valence-corrected chi connectivity index (χ1v) is 9.28. The molecule has 0 aliphatic carbocycles. The molecule has 0 aromatic carbocycles. The Morgan fingerprint density at radius 3 is 1.86 bits per heavy atom. The van der Waals surface area contributed by atoms with Gasteiger partial charge in [-0.3, -0.25) is 0 Å². The van der Waals surface area contributed by atoms with Crippen LogP contribution in [0.15, 0.2) is 0 Å². The minimum Gasteiger partial charge on any atom is -0.394 e. The molecule has 0 aliphatic heterocycles. The Balaban J connectivity index is 4.14. The fourth-order valence-electron chi connectivity index (χ4n) is 3.27. The first kappa shape index (κ1) is 20.9. The molecule has 3 heteroatoms. The lowest BCUT2D eigenvalue weighted by atomic mass is 10.1. The second-order valence-electron chi connectivity index (χ2n) is 6.34. The van der Waals surface area contributed by atoms with Crippen LogP contribution >= 0.6 is 0 Å². The van der Waals surface area contributed by atoms with Crippen molar-refractivity contribution in [2.24, 2.45) is 0 Å². The topological polar surface area (TPSA) is 29.5 Å². The number of aliphatic hydroxyl groups is 1. The minimum absolute atomic E-state index is 0.138. The van der Waals surface area contributed by atoms with Crippen molar-refractivity contribution < 1.29 is 14.3 Å². The van der Waals surface area contributed by atoms with E-state index in [0.29, 0.717) is 6.61 Å². The van der Waals surface area contributed by atoms with Gasteiger partial charge in [0.2, 0.25) is 0 Å². The van der Waals surface area contributed by atoms with Gasteiger partial charge in [0.15, 0.2) is 0 Å². The van der Waals surface area contributed by atoms with Gasteiger partial charge in [-0.15, -0.1) is 0 Å². The second kappa shape index (κ2) is 14.8. The zero-order chi connectivity index (χ0) is 15.8. The molecule has 0 rings (SSSR count). The highest BCUT2D eigenvalue weighted by atomic mass is 16.5. The summed E-state index contributed by atoms with van der Waals surface area (Å²) >= 11 is 0. The number of hydrogen-bond acceptors (Lipinski definition) is 2. The molecule has 3 nitrogen and oxygen atoms in total. The Morgan fingerprint density at radius 2 is 1.29 bits per heavy atom. The molecule has 0 spiro atoms. The van der Waals surface area contributed by atoms with Gasteiger partial charge in [-0.1, -0.05) is 46.5 Å². The molecule has 0 saturated heterocycles. The van der Waals surface area contributed by atoms with Gasteiger partial charge in [-0.2, -0.15) is 0 Å². The third-order valence-electron chi connectivity index (χ3n) is 4.33. The van der Waals surface area contributed by atoms with E-state index in [-0.39, 0.29) is 6.61 Å². The Bertz CT molecular complexity index is 203. The number of ether oxygens (including phenoxy) is 1. The third-order valence-corrected chi connectivity index (χ3v) is 4.33. The highest BCUT2D eigenvalue weighted by Crippen LogP contribution is 2.14. The quantitative estimate of drug-likeness (QED) is 0.345. The molecule has 0 bridgehead atoms. The monoisotopic (exact) mass is 302 g/mol. The molecule has 0 radical (unpaired) electrons. The minimum atomic E-state index is 0.138. The second-order valence-corrected chi connectivity index (χ2v) is 6.34. The van der Waals surface area contributed by atoms with Crippen LogP contribution in [0.25, 0.3) is 0 Å². The summed E-state index contributed by atoms with van der Waals surface area (Å²) in [5.41, 5.74) is 0. The van der Waals surface area contributed by atoms with Gasteiger partial charge in [0, 0.05) is 0 Å². The predicted molar refractivity (Wildman–Crippen MR) is 91.6 cm³/mol. The predicted octanol–water partition coefficient (Wildman–Crippen LogP) is 3.99. The number of rotatable bonds is 16. The molecule has 0 saturated carbocycles. The summed E-state index contributed by atoms with van der Waals surface area (Å²) in [5.74, 6) is 0. The van der Waals surface area contributed by atoms with Crippen LogP contribution in [0.4, 0.5) is 0 Å². The van der Waals surface area contributed by atoms with E-state index < -0.39 is 0 Å². The van der Waals surface area contributed by atoms with E-state index in [1.54, 1.807) is 0 Å². The highest BCUT2D eigenvalue weighted by Gasteiger charge is 2.24. The van der Waals surface area contributed by atoms with Gasteiger partial charge in [-0.25, -0.2) is 0 Å². The molecular weight excluding hydrogens is 262 g/mol. The van der Waals surface area contributed by atoms with Crippen molar-refractivity contribution in [2.45, 2.75) is 72.1 Å². The molecule has 0 fully saturated rings. The Labute approximate surface area is 133 Å². The molecule has 0 aromatic heterocycles. The Morgan fingerprint density at radius 1 is 0.667 bits per heavy atom. The lowest BCUT2D eigenvalue weighted by Crippen LogP contribution is -2.51. The standard InChI is InChI=1S/C18H40NO2/c1-4-7-8-9-10-11-14-19(12-5-2,13-6-3)15-17-21-18-16-20/h20H,4-18H2,1-3H3/q+1. The molecule has 0 atom stereocenters. The zero-order valence-electron chi connectivity index (χ0n) is 14.9. The van der Waals surface area contributed by atoms with E-state index in [1.807, 2.05) is 0 Å².